The average molecular weight is 201 g/mol. The number of likely N-dealkylation sites (N-methyl/N-ethyl adjacent to an activating group) is 1. The van der Waals surface area contributed by atoms with Gasteiger partial charge < -0.3 is 5.73 Å². The van der Waals surface area contributed by atoms with Gasteiger partial charge in [-0.15, -0.1) is 12.4 Å². The molecule has 0 aliphatic carbocycles. The molecule has 5 heteroatoms. The van der Waals surface area contributed by atoms with Crippen LogP contribution in [0.3, 0.4) is 0 Å². The Morgan fingerprint density at radius 1 is 1.58 bits per heavy atom. The first-order valence-electron chi connectivity index (χ1n) is 3.91. The monoisotopic (exact) mass is 200 g/mol. The highest BCUT2D eigenvalue weighted by Crippen LogP contribution is 2.30. The van der Waals surface area contributed by atoms with Gasteiger partial charge in [0.25, 0.3) is 5.92 Å². The van der Waals surface area contributed by atoms with Crippen LogP contribution < -0.4 is 5.73 Å². The second-order valence-electron chi connectivity index (χ2n) is 3.01. The Kier molecular flexibility index (Phi) is 4.37. The van der Waals surface area contributed by atoms with Crippen molar-refractivity contribution < 1.29 is 8.78 Å². The van der Waals surface area contributed by atoms with Crippen LogP contribution in [0.1, 0.15) is 13.3 Å². The van der Waals surface area contributed by atoms with Crippen LogP contribution in [0.5, 0.6) is 0 Å². The summed E-state index contributed by atoms with van der Waals surface area (Å²) in [6.07, 6.45) is -0.0721. The number of halogens is 3. The van der Waals surface area contributed by atoms with E-state index in [4.69, 9.17) is 5.73 Å². The average Bonchev–Trinajstić information content (AvgIpc) is 2.25. The third-order valence-corrected chi connectivity index (χ3v) is 2.16. The molecule has 0 aromatic rings. The molecule has 1 saturated heterocycles. The molecule has 0 unspecified atom stereocenters. The van der Waals surface area contributed by atoms with E-state index in [2.05, 4.69) is 0 Å². The van der Waals surface area contributed by atoms with Crippen LogP contribution in [-0.4, -0.2) is 36.5 Å². The molecular formula is C7H15ClF2N2. The Morgan fingerprint density at radius 3 is 2.50 bits per heavy atom. The molecule has 1 aliphatic heterocycles. The van der Waals surface area contributed by atoms with Crippen molar-refractivity contribution in [1.82, 2.24) is 4.90 Å². The molecule has 2 N–H and O–H groups in total. The first kappa shape index (κ1) is 12.1. The maximum Gasteiger partial charge on any atom is 0.262 e. The minimum atomic E-state index is -2.51. The summed E-state index contributed by atoms with van der Waals surface area (Å²) in [5, 5.41) is 0. The predicted molar refractivity (Wildman–Crippen MR) is 46.9 cm³/mol. The van der Waals surface area contributed by atoms with Crippen molar-refractivity contribution in [2.24, 2.45) is 5.73 Å². The number of nitrogens with two attached hydrogens (primary N) is 1. The van der Waals surface area contributed by atoms with Gasteiger partial charge >= 0.3 is 0 Å². The lowest BCUT2D eigenvalue weighted by molar-refractivity contribution is 0.0125. The molecule has 0 spiro atoms. The van der Waals surface area contributed by atoms with E-state index in [-0.39, 0.29) is 31.4 Å². The van der Waals surface area contributed by atoms with Crippen LogP contribution in [0.4, 0.5) is 8.78 Å². The number of hydrogen-bond acceptors (Lipinski definition) is 2. The molecule has 1 fully saturated rings. The highest BCUT2D eigenvalue weighted by atomic mass is 35.5. The minimum absolute atomic E-state index is 0. The molecule has 0 saturated carbocycles. The summed E-state index contributed by atoms with van der Waals surface area (Å²) >= 11 is 0. The third-order valence-electron chi connectivity index (χ3n) is 2.16. The van der Waals surface area contributed by atoms with E-state index in [1.807, 2.05) is 6.92 Å². The van der Waals surface area contributed by atoms with Gasteiger partial charge in [-0.3, -0.25) is 4.90 Å². The van der Waals surface area contributed by atoms with E-state index >= 15 is 0 Å². The quantitative estimate of drug-likeness (QED) is 0.724. The Bertz CT molecular complexity index is 129. The fraction of sp³-hybridized carbons (Fsp3) is 1.00. The van der Waals surface area contributed by atoms with Crippen LogP contribution >= 0.6 is 12.4 Å². The Labute approximate surface area is 77.5 Å². The van der Waals surface area contributed by atoms with Gasteiger partial charge in [0, 0.05) is 19.0 Å². The summed E-state index contributed by atoms with van der Waals surface area (Å²) in [7, 11) is 0. The number of rotatable bonds is 2. The summed E-state index contributed by atoms with van der Waals surface area (Å²) in [5.74, 6) is -2.51. The molecule has 1 aliphatic rings. The maximum absolute atomic E-state index is 12.7. The minimum Gasteiger partial charge on any atom is -0.329 e. The summed E-state index contributed by atoms with van der Waals surface area (Å²) in [6.45, 7) is 2.76. The standard InChI is InChI=1S/C7H14F2N2.ClH/c1-2-11-5-7(8,9)3-6(11)4-10;/h6H,2-5,10H2,1H3;1H/t6-;/m0./s1. The van der Waals surface area contributed by atoms with Gasteiger partial charge in [-0.25, -0.2) is 8.78 Å². The molecule has 0 aromatic heterocycles. The zero-order valence-corrected chi connectivity index (χ0v) is 7.91. The number of likely N-dealkylation sites (tertiary alicyclic amines) is 1. The lowest BCUT2D eigenvalue weighted by Gasteiger charge is -2.19. The zero-order chi connectivity index (χ0) is 8.48. The molecule has 74 valence electrons. The molecule has 2 nitrogen and oxygen atoms in total. The Balaban J connectivity index is 0.00000121. The number of nitrogens with zero attached hydrogens (tertiary/aromatic N) is 1. The molecule has 12 heavy (non-hydrogen) atoms. The molecule has 0 aromatic carbocycles. The largest absolute Gasteiger partial charge is 0.329 e. The first-order chi connectivity index (χ1) is 5.09. The van der Waals surface area contributed by atoms with Gasteiger partial charge in [0.2, 0.25) is 0 Å². The van der Waals surface area contributed by atoms with Gasteiger partial charge in [0.05, 0.1) is 6.54 Å². The van der Waals surface area contributed by atoms with Crippen LogP contribution in [-0.2, 0) is 0 Å². The lowest BCUT2D eigenvalue weighted by Crippen LogP contribution is -2.35. The molecule has 0 radical (unpaired) electrons. The van der Waals surface area contributed by atoms with Crippen LogP contribution in [0.25, 0.3) is 0 Å². The van der Waals surface area contributed by atoms with Crippen LogP contribution in [0, 0.1) is 0 Å². The van der Waals surface area contributed by atoms with Crippen molar-refractivity contribution in [1.29, 1.82) is 0 Å². The van der Waals surface area contributed by atoms with E-state index in [1.54, 1.807) is 4.90 Å². The summed E-state index contributed by atoms with van der Waals surface area (Å²) in [6, 6.07) is -0.116. The zero-order valence-electron chi connectivity index (χ0n) is 7.09. The fourth-order valence-corrected chi connectivity index (χ4v) is 1.57. The summed E-state index contributed by atoms with van der Waals surface area (Å²) in [4.78, 5) is 1.74. The van der Waals surface area contributed by atoms with Crippen molar-refractivity contribution >= 4 is 12.4 Å². The maximum atomic E-state index is 12.7. The smallest absolute Gasteiger partial charge is 0.262 e. The molecular weight excluding hydrogens is 186 g/mol. The van der Waals surface area contributed by atoms with Crippen LogP contribution in [0.15, 0.2) is 0 Å². The van der Waals surface area contributed by atoms with Crippen LogP contribution in [0.2, 0.25) is 0 Å². The Hall–Kier alpha value is 0.0700. The van der Waals surface area contributed by atoms with E-state index < -0.39 is 5.92 Å². The SMILES string of the molecule is CCN1CC(F)(F)C[C@H]1CN.Cl. The normalized spacial score (nSPS) is 28.5. The van der Waals surface area contributed by atoms with Crippen molar-refractivity contribution in [3.05, 3.63) is 0 Å². The van der Waals surface area contributed by atoms with E-state index in [0.717, 1.165) is 0 Å². The number of alkyl halides is 2. The van der Waals surface area contributed by atoms with E-state index in [1.165, 1.54) is 0 Å². The van der Waals surface area contributed by atoms with Gasteiger partial charge in [0.1, 0.15) is 0 Å². The first-order valence-corrected chi connectivity index (χ1v) is 3.91. The predicted octanol–water partition coefficient (Wildman–Crippen LogP) is 1.10. The second-order valence-corrected chi connectivity index (χ2v) is 3.01. The van der Waals surface area contributed by atoms with Gasteiger partial charge in [-0.05, 0) is 6.54 Å². The summed E-state index contributed by atoms with van der Waals surface area (Å²) in [5.41, 5.74) is 5.35. The van der Waals surface area contributed by atoms with Crippen molar-refractivity contribution in [3.63, 3.8) is 0 Å². The van der Waals surface area contributed by atoms with Crippen molar-refractivity contribution in [2.75, 3.05) is 19.6 Å². The van der Waals surface area contributed by atoms with Crippen molar-refractivity contribution in [2.45, 2.75) is 25.3 Å². The highest BCUT2D eigenvalue weighted by Gasteiger charge is 2.43. The second kappa shape index (κ2) is 4.35. The Morgan fingerprint density at radius 2 is 2.17 bits per heavy atom. The molecule has 1 heterocycles. The summed E-state index contributed by atoms with van der Waals surface area (Å²) < 4.78 is 25.4. The number of hydrogen-bond donors (Lipinski definition) is 1. The van der Waals surface area contributed by atoms with E-state index in [9.17, 15) is 8.78 Å². The lowest BCUT2D eigenvalue weighted by atomic mass is 10.2. The third kappa shape index (κ3) is 2.54. The van der Waals surface area contributed by atoms with Gasteiger partial charge in [-0.1, -0.05) is 6.92 Å². The molecule has 1 atom stereocenters. The topological polar surface area (TPSA) is 29.3 Å². The molecule has 0 amide bonds. The van der Waals surface area contributed by atoms with Gasteiger partial charge in [0.15, 0.2) is 0 Å². The molecule has 0 bridgehead atoms. The van der Waals surface area contributed by atoms with E-state index in [0.29, 0.717) is 13.1 Å². The highest BCUT2D eigenvalue weighted by molar-refractivity contribution is 5.85. The molecule has 1 rings (SSSR count). The van der Waals surface area contributed by atoms with Crippen molar-refractivity contribution in [3.8, 4) is 0 Å². The van der Waals surface area contributed by atoms with Gasteiger partial charge in [-0.2, -0.15) is 0 Å². The fourth-order valence-electron chi connectivity index (χ4n) is 1.57.